The molecule has 0 aliphatic rings. The second-order valence-electron chi connectivity index (χ2n) is 3.83. The van der Waals surface area contributed by atoms with Crippen LogP contribution in [0.1, 0.15) is 25.8 Å². The fourth-order valence-electron chi connectivity index (χ4n) is 1.42. The Hall–Kier alpha value is -1.05. The largest absolute Gasteiger partial charge is 0.481 e. The van der Waals surface area contributed by atoms with Gasteiger partial charge in [0.2, 0.25) is 5.88 Å². The van der Waals surface area contributed by atoms with E-state index in [1.807, 2.05) is 12.1 Å². The molecule has 0 saturated carbocycles. The molecular weight excluding hydrogens is 355 g/mol. The highest BCUT2D eigenvalue weighted by Gasteiger charge is 1.98. The summed E-state index contributed by atoms with van der Waals surface area (Å²) in [5.74, 6) is 1.46. The van der Waals surface area contributed by atoms with Crippen LogP contribution in [-0.4, -0.2) is 31.1 Å². The molecule has 0 saturated heterocycles. The molecular formula is C13H23IN4O. The first-order chi connectivity index (χ1) is 8.80. The summed E-state index contributed by atoms with van der Waals surface area (Å²) in [4.78, 5) is 8.58. The Labute approximate surface area is 132 Å². The Balaban J connectivity index is 0.00000324. The van der Waals surface area contributed by atoms with Crippen molar-refractivity contribution in [1.82, 2.24) is 15.6 Å². The molecule has 0 fully saturated rings. The zero-order valence-electron chi connectivity index (χ0n) is 11.8. The number of hydrogen-bond donors (Lipinski definition) is 2. The summed E-state index contributed by atoms with van der Waals surface area (Å²) < 4.78 is 5.08. The van der Waals surface area contributed by atoms with Crippen molar-refractivity contribution in [1.29, 1.82) is 0 Å². The third-order valence-corrected chi connectivity index (χ3v) is 2.31. The number of methoxy groups -OCH3 is 1. The Morgan fingerprint density at radius 2 is 2.16 bits per heavy atom. The molecule has 0 amide bonds. The SMILES string of the molecule is CCCNC(=NCc1ccnc(OC)c1)NCC.I. The molecule has 1 aromatic heterocycles. The van der Waals surface area contributed by atoms with Gasteiger partial charge in [-0.3, -0.25) is 0 Å². The molecule has 6 heteroatoms. The lowest BCUT2D eigenvalue weighted by Gasteiger charge is -2.10. The lowest BCUT2D eigenvalue weighted by molar-refractivity contribution is 0.397. The summed E-state index contributed by atoms with van der Waals surface area (Å²) in [6.07, 6.45) is 2.81. The highest BCUT2D eigenvalue weighted by atomic mass is 127. The molecule has 0 atom stereocenters. The van der Waals surface area contributed by atoms with Gasteiger partial charge < -0.3 is 15.4 Å². The van der Waals surface area contributed by atoms with Crippen molar-refractivity contribution in [2.24, 2.45) is 4.99 Å². The normalized spacial score (nSPS) is 10.6. The van der Waals surface area contributed by atoms with Gasteiger partial charge in [-0.2, -0.15) is 0 Å². The topological polar surface area (TPSA) is 58.5 Å². The Bertz CT molecular complexity index is 385. The lowest BCUT2D eigenvalue weighted by atomic mass is 10.3. The Morgan fingerprint density at radius 1 is 1.37 bits per heavy atom. The fourth-order valence-corrected chi connectivity index (χ4v) is 1.42. The number of aromatic nitrogens is 1. The van der Waals surface area contributed by atoms with E-state index in [1.54, 1.807) is 13.3 Å². The molecule has 0 aromatic carbocycles. The van der Waals surface area contributed by atoms with Crippen molar-refractivity contribution in [3.05, 3.63) is 23.9 Å². The molecule has 5 nitrogen and oxygen atoms in total. The van der Waals surface area contributed by atoms with Gasteiger partial charge in [-0.25, -0.2) is 9.98 Å². The van der Waals surface area contributed by atoms with Gasteiger partial charge in [0.05, 0.1) is 13.7 Å². The summed E-state index contributed by atoms with van der Waals surface area (Å²) in [5.41, 5.74) is 1.08. The highest BCUT2D eigenvalue weighted by Crippen LogP contribution is 2.09. The maximum absolute atomic E-state index is 5.08. The zero-order chi connectivity index (χ0) is 13.2. The number of ether oxygens (including phenoxy) is 1. The predicted octanol–water partition coefficient (Wildman–Crippen LogP) is 2.17. The second kappa shape index (κ2) is 10.8. The molecule has 1 rings (SSSR count). The molecule has 0 spiro atoms. The van der Waals surface area contributed by atoms with Crippen molar-refractivity contribution in [3.63, 3.8) is 0 Å². The number of halogens is 1. The standard InChI is InChI=1S/C13H22N4O.HI/c1-4-7-16-13(14-5-2)17-10-11-6-8-15-12(9-11)18-3;/h6,8-9H,4-5,7,10H2,1-3H3,(H2,14,16,17);1H. The summed E-state index contributed by atoms with van der Waals surface area (Å²) in [6.45, 7) is 6.57. The molecule has 0 aliphatic heterocycles. The monoisotopic (exact) mass is 378 g/mol. The van der Waals surface area contributed by atoms with Crippen molar-refractivity contribution >= 4 is 29.9 Å². The molecule has 19 heavy (non-hydrogen) atoms. The average Bonchev–Trinajstić information content (AvgIpc) is 2.42. The third-order valence-electron chi connectivity index (χ3n) is 2.31. The van der Waals surface area contributed by atoms with E-state index >= 15 is 0 Å². The first kappa shape index (κ1) is 17.9. The van der Waals surface area contributed by atoms with Crippen LogP contribution in [0.4, 0.5) is 0 Å². The van der Waals surface area contributed by atoms with Gasteiger partial charge in [0.1, 0.15) is 0 Å². The van der Waals surface area contributed by atoms with E-state index in [9.17, 15) is 0 Å². The quantitative estimate of drug-likeness (QED) is 0.453. The number of guanidine groups is 1. The fraction of sp³-hybridized carbons (Fsp3) is 0.538. The molecule has 2 N–H and O–H groups in total. The summed E-state index contributed by atoms with van der Waals surface area (Å²) in [7, 11) is 1.61. The van der Waals surface area contributed by atoms with Gasteiger partial charge in [-0.15, -0.1) is 24.0 Å². The van der Waals surface area contributed by atoms with Crippen LogP contribution in [0.15, 0.2) is 23.3 Å². The van der Waals surface area contributed by atoms with Gasteiger partial charge in [-0.05, 0) is 25.0 Å². The van der Waals surface area contributed by atoms with Crippen molar-refractivity contribution in [3.8, 4) is 5.88 Å². The maximum atomic E-state index is 5.08. The van der Waals surface area contributed by atoms with Crippen LogP contribution < -0.4 is 15.4 Å². The first-order valence-corrected chi connectivity index (χ1v) is 6.31. The van der Waals surface area contributed by atoms with E-state index in [0.29, 0.717) is 12.4 Å². The van der Waals surface area contributed by atoms with Gasteiger partial charge in [0.25, 0.3) is 0 Å². The second-order valence-corrected chi connectivity index (χ2v) is 3.83. The van der Waals surface area contributed by atoms with Crippen LogP contribution in [0.5, 0.6) is 5.88 Å². The minimum absolute atomic E-state index is 0. The number of hydrogen-bond acceptors (Lipinski definition) is 3. The van der Waals surface area contributed by atoms with Crippen LogP contribution in [0, 0.1) is 0 Å². The van der Waals surface area contributed by atoms with Crippen molar-refractivity contribution in [2.45, 2.75) is 26.8 Å². The van der Waals surface area contributed by atoms with Gasteiger partial charge in [0.15, 0.2) is 5.96 Å². The predicted molar refractivity (Wildman–Crippen MR) is 89.3 cm³/mol. The van der Waals surface area contributed by atoms with Crippen LogP contribution in [-0.2, 0) is 6.54 Å². The molecule has 0 bridgehead atoms. The molecule has 1 aromatic rings. The molecule has 108 valence electrons. The zero-order valence-corrected chi connectivity index (χ0v) is 14.1. The van der Waals surface area contributed by atoms with E-state index in [1.165, 1.54) is 0 Å². The average molecular weight is 378 g/mol. The van der Waals surface area contributed by atoms with E-state index in [2.05, 4.69) is 34.5 Å². The first-order valence-electron chi connectivity index (χ1n) is 6.31. The van der Waals surface area contributed by atoms with Crippen LogP contribution in [0.25, 0.3) is 0 Å². The summed E-state index contributed by atoms with van der Waals surface area (Å²) >= 11 is 0. The van der Waals surface area contributed by atoms with E-state index < -0.39 is 0 Å². The van der Waals surface area contributed by atoms with Gasteiger partial charge in [-0.1, -0.05) is 6.92 Å². The minimum Gasteiger partial charge on any atom is -0.481 e. The number of aliphatic imine (C=N–C) groups is 1. The molecule has 0 radical (unpaired) electrons. The third kappa shape index (κ3) is 7.19. The number of pyridine rings is 1. The maximum Gasteiger partial charge on any atom is 0.213 e. The van der Waals surface area contributed by atoms with Gasteiger partial charge in [0, 0.05) is 25.4 Å². The number of nitrogens with zero attached hydrogens (tertiary/aromatic N) is 2. The summed E-state index contributed by atoms with van der Waals surface area (Å²) in [5, 5.41) is 6.47. The van der Waals surface area contributed by atoms with Crippen LogP contribution in [0.3, 0.4) is 0 Å². The summed E-state index contributed by atoms with van der Waals surface area (Å²) in [6, 6.07) is 3.84. The number of nitrogens with one attached hydrogen (secondary N) is 2. The lowest BCUT2D eigenvalue weighted by Crippen LogP contribution is -2.37. The molecule has 0 aliphatic carbocycles. The van der Waals surface area contributed by atoms with Gasteiger partial charge >= 0.3 is 0 Å². The van der Waals surface area contributed by atoms with E-state index in [0.717, 1.165) is 31.0 Å². The molecule has 1 heterocycles. The Kier molecular flexibility index (Phi) is 10.2. The smallest absolute Gasteiger partial charge is 0.213 e. The van der Waals surface area contributed by atoms with Crippen LogP contribution >= 0.6 is 24.0 Å². The van der Waals surface area contributed by atoms with E-state index in [4.69, 9.17) is 4.74 Å². The number of rotatable bonds is 6. The Morgan fingerprint density at radius 3 is 2.79 bits per heavy atom. The minimum atomic E-state index is 0. The van der Waals surface area contributed by atoms with Crippen molar-refractivity contribution < 1.29 is 4.74 Å². The molecule has 0 unspecified atom stereocenters. The van der Waals surface area contributed by atoms with E-state index in [-0.39, 0.29) is 24.0 Å². The van der Waals surface area contributed by atoms with Crippen LogP contribution in [0.2, 0.25) is 0 Å². The van der Waals surface area contributed by atoms with Crippen molar-refractivity contribution in [2.75, 3.05) is 20.2 Å². The highest BCUT2D eigenvalue weighted by molar-refractivity contribution is 14.0.